The van der Waals surface area contributed by atoms with E-state index in [1.54, 1.807) is 29.9 Å². The average Bonchev–Trinajstić information content (AvgIpc) is 2.98. The van der Waals surface area contributed by atoms with Gasteiger partial charge in [0.1, 0.15) is 5.01 Å². The number of nitrogens with zero attached hydrogens (tertiary/aromatic N) is 2. The molecule has 0 fully saturated rings. The molecular weight excluding hydrogens is 268 g/mol. The maximum Gasteiger partial charge on any atom is 0.194 e. The second kappa shape index (κ2) is 6.30. The Morgan fingerprint density at radius 1 is 1.00 bits per heavy atom. The third-order valence-electron chi connectivity index (χ3n) is 2.89. The molecule has 0 N–H and O–H groups in total. The van der Waals surface area contributed by atoms with Crippen molar-refractivity contribution >= 4 is 11.3 Å². The third-order valence-corrected chi connectivity index (χ3v) is 3.85. The average molecular weight is 282 g/mol. The van der Waals surface area contributed by atoms with Crippen LogP contribution in [-0.4, -0.2) is 16.6 Å². The summed E-state index contributed by atoms with van der Waals surface area (Å²) in [4.78, 5) is 8.38. The highest BCUT2D eigenvalue weighted by Crippen LogP contribution is 2.29. The van der Waals surface area contributed by atoms with Gasteiger partial charge in [0, 0.05) is 24.4 Å². The van der Waals surface area contributed by atoms with Crippen LogP contribution in [0.25, 0.3) is 10.6 Å². The standard InChI is InChI=1S/C16H14N2OS/c1-2-4-13(5-3-1)8-11-19-15-12-18-16(20-15)14-6-9-17-10-7-14/h1-7,9-10,12H,8,11H2. The lowest BCUT2D eigenvalue weighted by molar-refractivity contribution is 0.330. The number of aromatic nitrogens is 2. The molecular formula is C16H14N2OS. The fourth-order valence-corrected chi connectivity index (χ4v) is 2.67. The summed E-state index contributed by atoms with van der Waals surface area (Å²) in [5.74, 6) is 0. The molecule has 0 saturated heterocycles. The number of pyridine rings is 1. The first-order valence-corrected chi connectivity index (χ1v) is 7.26. The lowest BCUT2D eigenvalue weighted by Crippen LogP contribution is -1.99. The van der Waals surface area contributed by atoms with Gasteiger partial charge in [0.05, 0.1) is 12.8 Å². The van der Waals surface area contributed by atoms with Crippen molar-refractivity contribution in [2.24, 2.45) is 0 Å². The lowest BCUT2D eigenvalue weighted by atomic mass is 10.2. The molecule has 0 radical (unpaired) electrons. The minimum atomic E-state index is 0.669. The maximum absolute atomic E-state index is 5.75. The molecule has 2 aromatic heterocycles. The summed E-state index contributed by atoms with van der Waals surface area (Å²) >= 11 is 1.56. The molecule has 0 unspecified atom stereocenters. The Kier molecular flexibility index (Phi) is 4.04. The summed E-state index contributed by atoms with van der Waals surface area (Å²) in [6.45, 7) is 0.669. The van der Waals surface area contributed by atoms with Crippen LogP contribution in [0.2, 0.25) is 0 Å². The van der Waals surface area contributed by atoms with Gasteiger partial charge in [-0.1, -0.05) is 41.7 Å². The monoisotopic (exact) mass is 282 g/mol. The number of ether oxygens (including phenoxy) is 1. The van der Waals surface area contributed by atoms with Crippen LogP contribution >= 0.6 is 11.3 Å². The molecule has 0 spiro atoms. The molecule has 3 aromatic rings. The number of benzene rings is 1. The molecule has 2 heterocycles. The second-order valence-corrected chi connectivity index (χ2v) is 5.30. The number of thiazole rings is 1. The van der Waals surface area contributed by atoms with Gasteiger partial charge in [-0.15, -0.1) is 0 Å². The Morgan fingerprint density at radius 3 is 2.60 bits per heavy atom. The summed E-state index contributed by atoms with van der Waals surface area (Å²) in [7, 11) is 0. The lowest BCUT2D eigenvalue weighted by Gasteiger charge is -2.02. The highest BCUT2D eigenvalue weighted by Gasteiger charge is 2.05. The van der Waals surface area contributed by atoms with Crippen molar-refractivity contribution in [3.8, 4) is 15.6 Å². The third kappa shape index (κ3) is 3.22. The SMILES string of the molecule is c1ccc(CCOc2cnc(-c3ccncc3)s2)cc1. The van der Waals surface area contributed by atoms with E-state index in [4.69, 9.17) is 4.74 Å². The quantitative estimate of drug-likeness (QED) is 0.713. The van der Waals surface area contributed by atoms with Gasteiger partial charge in [-0.2, -0.15) is 0 Å². The Morgan fingerprint density at radius 2 is 1.80 bits per heavy atom. The minimum Gasteiger partial charge on any atom is -0.482 e. The van der Waals surface area contributed by atoms with E-state index in [1.165, 1.54) is 5.56 Å². The van der Waals surface area contributed by atoms with Gasteiger partial charge in [0.2, 0.25) is 0 Å². The molecule has 3 rings (SSSR count). The second-order valence-electron chi connectivity index (χ2n) is 4.30. The predicted octanol–water partition coefficient (Wildman–Crippen LogP) is 3.83. The number of hydrogen-bond acceptors (Lipinski definition) is 4. The van der Waals surface area contributed by atoms with E-state index in [9.17, 15) is 0 Å². The van der Waals surface area contributed by atoms with Gasteiger partial charge >= 0.3 is 0 Å². The van der Waals surface area contributed by atoms with Crippen LogP contribution in [0.15, 0.2) is 61.1 Å². The van der Waals surface area contributed by atoms with Crippen LogP contribution in [0.4, 0.5) is 0 Å². The van der Waals surface area contributed by atoms with Gasteiger partial charge in [-0.05, 0) is 17.7 Å². The summed E-state index contributed by atoms with van der Waals surface area (Å²) in [5.41, 5.74) is 2.36. The highest BCUT2D eigenvalue weighted by atomic mass is 32.1. The summed E-state index contributed by atoms with van der Waals surface area (Å²) in [5, 5.41) is 1.81. The highest BCUT2D eigenvalue weighted by molar-refractivity contribution is 7.16. The fraction of sp³-hybridized carbons (Fsp3) is 0.125. The van der Waals surface area contributed by atoms with Crippen LogP contribution in [-0.2, 0) is 6.42 Å². The van der Waals surface area contributed by atoms with Gasteiger partial charge in [0.15, 0.2) is 5.06 Å². The first kappa shape index (κ1) is 12.8. The molecule has 0 aliphatic rings. The van der Waals surface area contributed by atoms with E-state index in [0.717, 1.165) is 22.1 Å². The molecule has 0 atom stereocenters. The van der Waals surface area contributed by atoms with Crippen LogP contribution in [0.1, 0.15) is 5.56 Å². The van der Waals surface area contributed by atoms with Gasteiger partial charge in [-0.3, -0.25) is 4.98 Å². The fourth-order valence-electron chi connectivity index (χ4n) is 1.87. The van der Waals surface area contributed by atoms with Crippen molar-refractivity contribution in [3.63, 3.8) is 0 Å². The van der Waals surface area contributed by atoms with Crippen molar-refractivity contribution < 1.29 is 4.74 Å². The van der Waals surface area contributed by atoms with E-state index < -0.39 is 0 Å². The number of hydrogen-bond donors (Lipinski definition) is 0. The van der Waals surface area contributed by atoms with Crippen LogP contribution < -0.4 is 4.74 Å². The van der Waals surface area contributed by atoms with E-state index in [1.807, 2.05) is 30.3 Å². The van der Waals surface area contributed by atoms with E-state index in [-0.39, 0.29) is 0 Å². The normalized spacial score (nSPS) is 10.4. The van der Waals surface area contributed by atoms with Crippen molar-refractivity contribution in [3.05, 3.63) is 66.6 Å². The summed E-state index contributed by atoms with van der Waals surface area (Å²) in [6, 6.07) is 14.2. The van der Waals surface area contributed by atoms with Crippen molar-refractivity contribution in [2.45, 2.75) is 6.42 Å². The molecule has 20 heavy (non-hydrogen) atoms. The molecule has 0 amide bonds. The van der Waals surface area contributed by atoms with E-state index in [0.29, 0.717) is 6.61 Å². The first-order chi connectivity index (χ1) is 9.92. The Balaban J connectivity index is 1.58. The molecule has 0 aliphatic carbocycles. The van der Waals surface area contributed by atoms with Gasteiger partial charge in [-0.25, -0.2) is 4.98 Å². The van der Waals surface area contributed by atoms with Crippen molar-refractivity contribution in [1.82, 2.24) is 9.97 Å². The molecule has 0 aliphatic heterocycles. The zero-order valence-corrected chi connectivity index (χ0v) is 11.7. The summed E-state index contributed by atoms with van der Waals surface area (Å²) < 4.78 is 5.75. The molecule has 4 heteroatoms. The van der Waals surface area contributed by atoms with Gasteiger partial charge < -0.3 is 4.74 Å². The molecule has 0 bridgehead atoms. The number of rotatable bonds is 5. The van der Waals surface area contributed by atoms with Crippen LogP contribution in [0, 0.1) is 0 Å². The predicted molar refractivity (Wildman–Crippen MR) is 81.0 cm³/mol. The minimum absolute atomic E-state index is 0.669. The smallest absolute Gasteiger partial charge is 0.194 e. The largest absolute Gasteiger partial charge is 0.482 e. The van der Waals surface area contributed by atoms with E-state index >= 15 is 0 Å². The first-order valence-electron chi connectivity index (χ1n) is 6.45. The molecule has 0 saturated carbocycles. The van der Waals surface area contributed by atoms with Crippen molar-refractivity contribution in [2.75, 3.05) is 6.61 Å². The molecule has 1 aromatic carbocycles. The van der Waals surface area contributed by atoms with Crippen LogP contribution in [0.3, 0.4) is 0 Å². The Bertz CT molecular complexity index is 653. The van der Waals surface area contributed by atoms with Crippen LogP contribution in [0.5, 0.6) is 5.06 Å². The molecule has 3 nitrogen and oxygen atoms in total. The van der Waals surface area contributed by atoms with Crippen molar-refractivity contribution in [1.29, 1.82) is 0 Å². The van der Waals surface area contributed by atoms with E-state index in [2.05, 4.69) is 22.1 Å². The Labute approximate surface area is 121 Å². The zero-order chi connectivity index (χ0) is 13.6. The topological polar surface area (TPSA) is 35.0 Å². The Hall–Kier alpha value is -2.20. The maximum atomic E-state index is 5.75. The zero-order valence-electron chi connectivity index (χ0n) is 10.9. The van der Waals surface area contributed by atoms with Gasteiger partial charge in [0.25, 0.3) is 0 Å². The summed E-state index contributed by atoms with van der Waals surface area (Å²) in [6.07, 6.45) is 6.23. The molecule has 100 valence electrons.